The summed E-state index contributed by atoms with van der Waals surface area (Å²) >= 11 is 0. The third kappa shape index (κ3) is 5.03. The van der Waals surface area contributed by atoms with Gasteiger partial charge >= 0.3 is 0 Å². The average molecular weight is 388 g/mol. The summed E-state index contributed by atoms with van der Waals surface area (Å²) in [6.45, 7) is 3.73. The van der Waals surface area contributed by atoms with Gasteiger partial charge in [0.05, 0.1) is 13.2 Å². The van der Waals surface area contributed by atoms with E-state index in [4.69, 9.17) is 9.47 Å². The Morgan fingerprint density at radius 1 is 0.862 bits per heavy atom. The third-order valence-corrected chi connectivity index (χ3v) is 5.27. The Labute approximate surface area is 171 Å². The number of ether oxygens (including phenoxy) is 2. The minimum Gasteiger partial charge on any atom is -0.348 e. The first kappa shape index (κ1) is 19.6. The molecule has 0 aliphatic carbocycles. The first-order chi connectivity index (χ1) is 14.2. The van der Waals surface area contributed by atoms with Crippen molar-refractivity contribution >= 4 is 10.8 Å². The number of rotatable bonds is 4. The van der Waals surface area contributed by atoms with Crippen LogP contribution >= 0.6 is 0 Å². The molecule has 0 aromatic heterocycles. The van der Waals surface area contributed by atoms with E-state index in [1.165, 1.54) is 31.4 Å². The minimum absolute atomic E-state index is 0.223. The normalized spacial score (nSPS) is 19.0. The molecule has 0 spiro atoms. The van der Waals surface area contributed by atoms with Gasteiger partial charge < -0.3 is 9.47 Å². The molecule has 148 valence electrons. The molecule has 0 bridgehead atoms. The zero-order valence-electron chi connectivity index (χ0n) is 16.7. The molecule has 0 radical (unpaired) electrons. The van der Waals surface area contributed by atoms with Crippen LogP contribution in [0.1, 0.15) is 49.2 Å². The molecule has 3 aromatic carbocycles. The van der Waals surface area contributed by atoms with Crippen LogP contribution in [0.2, 0.25) is 0 Å². The van der Waals surface area contributed by atoms with Crippen LogP contribution in [0.25, 0.3) is 10.8 Å². The third-order valence-electron chi connectivity index (χ3n) is 5.27. The van der Waals surface area contributed by atoms with Crippen LogP contribution in [-0.4, -0.2) is 13.2 Å². The maximum Gasteiger partial charge on any atom is 0.183 e. The number of hydrogen-bond acceptors (Lipinski definition) is 2. The highest BCUT2D eigenvalue weighted by Crippen LogP contribution is 2.27. The van der Waals surface area contributed by atoms with Gasteiger partial charge in [0.1, 0.15) is 5.82 Å². The van der Waals surface area contributed by atoms with Gasteiger partial charge in [-0.3, -0.25) is 0 Å². The summed E-state index contributed by atoms with van der Waals surface area (Å²) in [6.07, 6.45) is 3.32. The van der Waals surface area contributed by atoms with Crippen LogP contribution in [0.5, 0.6) is 0 Å². The molecule has 2 nitrogen and oxygen atoms in total. The lowest BCUT2D eigenvalue weighted by atomic mass is 10.0. The van der Waals surface area contributed by atoms with Gasteiger partial charge in [-0.2, -0.15) is 0 Å². The molecule has 0 amide bonds. The van der Waals surface area contributed by atoms with Gasteiger partial charge in [0, 0.05) is 22.6 Å². The van der Waals surface area contributed by atoms with Crippen LogP contribution in [0, 0.1) is 23.6 Å². The highest BCUT2D eigenvalue weighted by atomic mass is 19.1. The quantitative estimate of drug-likeness (QED) is 0.493. The molecule has 0 saturated carbocycles. The van der Waals surface area contributed by atoms with E-state index in [0.717, 1.165) is 40.7 Å². The van der Waals surface area contributed by atoms with E-state index in [2.05, 4.69) is 18.8 Å². The van der Waals surface area contributed by atoms with E-state index >= 15 is 0 Å². The Hall–Kier alpha value is -2.67. The Morgan fingerprint density at radius 2 is 1.52 bits per heavy atom. The van der Waals surface area contributed by atoms with E-state index in [1.807, 2.05) is 42.5 Å². The second kappa shape index (κ2) is 9.22. The van der Waals surface area contributed by atoms with Crippen molar-refractivity contribution < 1.29 is 13.9 Å². The van der Waals surface area contributed by atoms with Gasteiger partial charge in [-0.05, 0) is 53.6 Å². The fourth-order valence-electron chi connectivity index (χ4n) is 3.56. The molecule has 0 N–H and O–H groups in total. The summed E-state index contributed by atoms with van der Waals surface area (Å²) < 4.78 is 25.1. The van der Waals surface area contributed by atoms with Crippen LogP contribution in [0.15, 0.2) is 60.7 Å². The Balaban J connectivity index is 1.40. The molecule has 0 unspecified atom stereocenters. The number of benzene rings is 3. The maximum absolute atomic E-state index is 13.3. The van der Waals surface area contributed by atoms with Crippen LogP contribution in [-0.2, 0) is 9.47 Å². The van der Waals surface area contributed by atoms with Gasteiger partial charge in [-0.1, -0.05) is 55.9 Å². The zero-order valence-corrected chi connectivity index (χ0v) is 16.7. The zero-order chi connectivity index (χ0) is 20.1. The van der Waals surface area contributed by atoms with Crippen molar-refractivity contribution in [2.24, 2.45) is 5.92 Å². The standard InChI is InChI=1S/C26H25FO2/c1-2-3-4-21-17-28-26(29-18-21)22-10-7-19(8-11-22)5-6-20-9-12-24-16-25(27)14-13-23(24)15-20/h7-16,21,26H,2-4,17-18H2,1H3. The topological polar surface area (TPSA) is 18.5 Å². The fourth-order valence-corrected chi connectivity index (χ4v) is 3.56. The van der Waals surface area contributed by atoms with Crippen molar-refractivity contribution in [2.75, 3.05) is 13.2 Å². The maximum atomic E-state index is 13.3. The Kier molecular flexibility index (Phi) is 6.24. The van der Waals surface area contributed by atoms with Crippen molar-refractivity contribution in [1.82, 2.24) is 0 Å². The number of unbranched alkanes of at least 4 members (excludes halogenated alkanes) is 1. The molecule has 29 heavy (non-hydrogen) atoms. The molecular weight excluding hydrogens is 363 g/mol. The SMILES string of the molecule is CCCCC1COC(c2ccc(C#Cc3ccc4cc(F)ccc4c3)cc2)OC1. The largest absolute Gasteiger partial charge is 0.348 e. The predicted molar refractivity (Wildman–Crippen MR) is 114 cm³/mol. The summed E-state index contributed by atoms with van der Waals surface area (Å²) in [7, 11) is 0. The van der Waals surface area contributed by atoms with Crippen molar-refractivity contribution in [3.8, 4) is 11.8 Å². The minimum atomic E-state index is -0.282. The molecular formula is C26H25FO2. The smallest absolute Gasteiger partial charge is 0.183 e. The summed E-state index contributed by atoms with van der Waals surface area (Å²) in [5, 5.41) is 1.86. The highest BCUT2D eigenvalue weighted by Gasteiger charge is 2.22. The first-order valence-electron chi connectivity index (χ1n) is 10.3. The van der Waals surface area contributed by atoms with Crippen molar-refractivity contribution in [1.29, 1.82) is 0 Å². The van der Waals surface area contributed by atoms with E-state index in [0.29, 0.717) is 5.92 Å². The molecule has 1 saturated heterocycles. The van der Waals surface area contributed by atoms with E-state index in [9.17, 15) is 4.39 Å². The predicted octanol–water partition coefficient (Wildman–Crippen LogP) is 6.23. The molecule has 3 heteroatoms. The lowest BCUT2D eigenvalue weighted by Crippen LogP contribution is -2.27. The van der Waals surface area contributed by atoms with Crippen LogP contribution in [0.4, 0.5) is 4.39 Å². The molecule has 3 aromatic rings. The molecule has 1 aliphatic rings. The second-order valence-corrected chi connectivity index (χ2v) is 7.59. The number of halogens is 1. The van der Waals surface area contributed by atoms with E-state index in [1.54, 1.807) is 6.07 Å². The summed E-state index contributed by atoms with van der Waals surface area (Å²) in [4.78, 5) is 0. The summed E-state index contributed by atoms with van der Waals surface area (Å²) in [5.74, 6) is 6.66. The Bertz CT molecular complexity index is 1020. The van der Waals surface area contributed by atoms with Gasteiger partial charge in [0.15, 0.2) is 6.29 Å². The van der Waals surface area contributed by atoms with Gasteiger partial charge in [0.2, 0.25) is 0 Å². The number of hydrogen-bond donors (Lipinski definition) is 0. The van der Waals surface area contributed by atoms with Crippen molar-refractivity contribution in [3.05, 3.63) is 83.2 Å². The van der Waals surface area contributed by atoms with Gasteiger partial charge in [-0.25, -0.2) is 4.39 Å². The summed E-state index contributed by atoms with van der Waals surface area (Å²) in [6, 6.07) is 18.6. The summed E-state index contributed by atoms with van der Waals surface area (Å²) in [5.41, 5.74) is 2.87. The van der Waals surface area contributed by atoms with Crippen LogP contribution in [0.3, 0.4) is 0 Å². The second-order valence-electron chi connectivity index (χ2n) is 7.59. The fraction of sp³-hybridized carbons (Fsp3) is 0.308. The number of fused-ring (bicyclic) bond motifs is 1. The molecule has 0 atom stereocenters. The molecule has 1 heterocycles. The van der Waals surface area contributed by atoms with Crippen molar-refractivity contribution in [3.63, 3.8) is 0 Å². The van der Waals surface area contributed by atoms with Gasteiger partial charge in [-0.15, -0.1) is 0 Å². The highest BCUT2D eigenvalue weighted by molar-refractivity contribution is 5.83. The van der Waals surface area contributed by atoms with Gasteiger partial charge in [0.25, 0.3) is 0 Å². The Morgan fingerprint density at radius 3 is 2.28 bits per heavy atom. The van der Waals surface area contributed by atoms with E-state index < -0.39 is 0 Å². The van der Waals surface area contributed by atoms with Crippen molar-refractivity contribution in [2.45, 2.75) is 32.5 Å². The molecule has 1 aliphatic heterocycles. The molecule has 1 fully saturated rings. The average Bonchev–Trinajstić information content (AvgIpc) is 2.77. The monoisotopic (exact) mass is 388 g/mol. The van der Waals surface area contributed by atoms with E-state index in [-0.39, 0.29) is 12.1 Å². The molecule has 4 rings (SSSR count). The lowest BCUT2D eigenvalue weighted by Gasteiger charge is -2.29. The van der Waals surface area contributed by atoms with Crippen LogP contribution < -0.4 is 0 Å². The lowest BCUT2D eigenvalue weighted by molar-refractivity contribution is -0.206. The first-order valence-corrected chi connectivity index (χ1v) is 10.3.